The number of amides is 1. The van der Waals surface area contributed by atoms with Crippen molar-refractivity contribution >= 4 is 27.7 Å². The molecule has 1 amide bonds. The number of halogens is 4. The largest absolute Gasteiger partial charge is 0.445 e. The summed E-state index contributed by atoms with van der Waals surface area (Å²) in [6.07, 6.45) is -4.43. The summed E-state index contributed by atoms with van der Waals surface area (Å²) < 4.78 is 46.0. The maximum atomic E-state index is 13.6. The number of anilines is 1. The zero-order valence-corrected chi connectivity index (χ0v) is 12.1. The summed E-state index contributed by atoms with van der Waals surface area (Å²) in [4.78, 5) is 11.5. The lowest BCUT2D eigenvalue weighted by atomic mass is 9.90. The molecule has 0 radical (unpaired) electrons. The lowest BCUT2D eigenvalue weighted by Crippen LogP contribution is -2.49. The number of cyclic esters (lactones) is 1. The van der Waals surface area contributed by atoms with Crippen LogP contribution in [0.5, 0.6) is 0 Å². The first-order valence-electron chi connectivity index (χ1n) is 6.21. The first kappa shape index (κ1) is 14.3. The summed E-state index contributed by atoms with van der Waals surface area (Å²) in [7, 11) is 0. The van der Waals surface area contributed by atoms with Gasteiger partial charge in [0.1, 0.15) is 0 Å². The average Bonchev–Trinajstić information content (AvgIpc) is 3.17. The number of fused-ring (bicyclic) bond motifs is 1. The molecule has 0 spiro atoms. The fourth-order valence-corrected chi connectivity index (χ4v) is 2.42. The number of hydrogen-bond donors (Lipinski definition) is 1. The van der Waals surface area contributed by atoms with Crippen molar-refractivity contribution in [3.8, 4) is 11.8 Å². The molecule has 1 N–H and O–H groups in total. The Balaban J connectivity index is 2.20. The van der Waals surface area contributed by atoms with Gasteiger partial charge in [-0.2, -0.15) is 13.2 Å². The van der Waals surface area contributed by atoms with E-state index in [-0.39, 0.29) is 17.2 Å². The highest BCUT2D eigenvalue weighted by Crippen LogP contribution is 2.48. The van der Waals surface area contributed by atoms with Crippen molar-refractivity contribution in [3.63, 3.8) is 0 Å². The molecule has 0 saturated heterocycles. The van der Waals surface area contributed by atoms with E-state index in [1.165, 1.54) is 18.2 Å². The fraction of sp³-hybridized carbons (Fsp3) is 0.357. The van der Waals surface area contributed by atoms with Crippen molar-refractivity contribution < 1.29 is 22.7 Å². The summed E-state index contributed by atoms with van der Waals surface area (Å²) in [6, 6.07) is 4.11. The lowest BCUT2D eigenvalue weighted by molar-refractivity contribution is -0.239. The van der Waals surface area contributed by atoms with E-state index in [1.54, 1.807) is 0 Å². The van der Waals surface area contributed by atoms with Crippen molar-refractivity contribution in [2.24, 2.45) is 5.92 Å². The van der Waals surface area contributed by atoms with Crippen LogP contribution in [-0.4, -0.2) is 12.3 Å². The van der Waals surface area contributed by atoms with Gasteiger partial charge in [-0.15, -0.1) is 0 Å². The van der Waals surface area contributed by atoms with Crippen LogP contribution in [0.15, 0.2) is 22.7 Å². The number of alkyl halides is 3. The molecule has 1 heterocycles. The molecule has 3 nitrogen and oxygen atoms in total. The number of ether oxygens (including phenoxy) is 1. The van der Waals surface area contributed by atoms with Crippen molar-refractivity contribution in [3.05, 3.63) is 28.2 Å². The highest BCUT2D eigenvalue weighted by Gasteiger charge is 2.62. The molecule has 7 heteroatoms. The van der Waals surface area contributed by atoms with E-state index in [4.69, 9.17) is 0 Å². The van der Waals surface area contributed by atoms with Crippen LogP contribution in [0.1, 0.15) is 18.4 Å². The molecule has 21 heavy (non-hydrogen) atoms. The van der Waals surface area contributed by atoms with Gasteiger partial charge in [-0.25, -0.2) is 4.79 Å². The molecule has 1 saturated carbocycles. The maximum absolute atomic E-state index is 13.6. The van der Waals surface area contributed by atoms with Gasteiger partial charge in [-0.1, -0.05) is 27.9 Å². The summed E-state index contributed by atoms with van der Waals surface area (Å²) in [5, 5.41) is 2.27. The molecule has 0 aromatic heterocycles. The minimum absolute atomic E-state index is 0.0445. The fourth-order valence-electron chi connectivity index (χ4n) is 2.06. The summed E-state index contributed by atoms with van der Waals surface area (Å²) in [5.74, 6) is 4.69. The van der Waals surface area contributed by atoms with Gasteiger partial charge in [0.15, 0.2) is 0 Å². The molecule has 1 aliphatic heterocycles. The van der Waals surface area contributed by atoms with Crippen molar-refractivity contribution in [1.82, 2.24) is 0 Å². The molecule has 3 rings (SSSR count). The second kappa shape index (κ2) is 4.67. The van der Waals surface area contributed by atoms with E-state index >= 15 is 0 Å². The number of benzene rings is 1. The van der Waals surface area contributed by atoms with Crippen LogP contribution in [0.3, 0.4) is 0 Å². The van der Waals surface area contributed by atoms with Crippen LogP contribution >= 0.6 is 15.9 Å². The molecule has 1 aromatic rings. The Kier molecular flexibility index (Phi) is 3.17. The van der Waals surface area contributed by atoms with Gasteiger partial charge < -0.3 is 4.74 Å². The predicted molar refractivity (Wildman–Crippen MR) is 72.5 cm³/mol. The zero-order valence-electron chi connectivity index (χ0n) is 10.6. The van der Waals surface area contributed by atoms with Crippen LogP contribution in [0, 0.1) is 17.8 Å². The second-order valence-corrected chi connectivity index (χ2v) is 5.84. The normalized spacial score (nSPS) is 24.3. The van der Waals surface area contributed by atoms with Gasteiger partial charge in [0.2, 0.25) is 0 Å². The SMILES string of the molecule is O=C1Nc2cc(Br)ccc2C(C#CC2CC2)(C(F)(F)F)O1. The average molecular weight is 360 g/mol. The van der Waals surface area contributed by atoms with Crippen molar-refractivity contribution in [2.75, 3.05) is 5.32 Å². The molecule has 110 valence electrons. The van der Waals surface area contributed by atoms with E-state index in [0.717, 1.165) is 12.8 Å². The van der Waals surface area contributed by atoms with E-state index in [1.807, 2.05) is 0 Å². The molecular formula is C14H9BrF3NO2. The lowest BCUT2D eigenvalue weighted by Gasteiger charge is -2.35. The van der Waals surface area contributed by atoms with E-state index in [9.17, 15) is 18.0 Å². The van der Waals surface area contributed by atoms with E-state index in [0.29, 0.717) is 4.47 Å². The quantitative estimate of drug-likeness (QED) is 0.705. The molecule has 1 aliphatic carbocycles. The Morgan fingerprint density at radius 2 is 2.10 bits per heavy atom. The minimum Gasteiger partial charge on any atom is -0.415 e. The number of carbonyl (C=O) groups is 1. The molecular weight excluding hydrogens is 351 g/mol. The molecule has 2 aliphatic rings. The predicted octanol–water partition coefficient (Wildman–Crippen LogP) is 4.18. The summed E-state index contributed by atoms with van der Waals surface area (Å²) >= 11 is 3.16. The number of rotatable bonds is 0. The first-order valence-corrected chi connectivity index (χ1v) is 7.00. The topological polar surface area (TPSA) is 38.3 Å². The van der Waals surface area contributed by atoms with E-state index in [2.05, 4.69) is 37.8 Å². The van der Waals surface area contributed by atoms with Crippen molar-refractivity contribution in [2.45, 2.75) is 24.6 Å². The van der Waals surface area contributed by atoms with Gasteiger partial charge in [-0.05, 0) is 30.9 Å². The molecule has 1 atom stereocenters. The van der Waals surface area contributed by atoms with Gasteiger partial charge in [0, 0.05) is 16.0 Å². The van der Waals surface area contributed by atoms with Crippen LogP contribution < -0.4 is 5.32 Å². The standard InChI is InChI=1S/C14H9BrF3NO2/c15-9-3-4-10-11(7-9)19-12(20)21-13(10,14(16,17)18)6-5-8-1-2-8/h3-4,7-8H,1-2H2,(H,19,20). The monoisotopic (exact) mass is 359 g/mol. The van der Waals surface area contributed by atoms with Gasteiger partial charge in [0.25, 0.3) is 5.60 Å². The third-order valence-electron chi connectivity index (χ3n) is 3.27. The molecule has 1 aromatic carbocycles. The second-order valence-electron chi connectivity index (χ2n) is 4.93. The molecule has 1 fully saturated rings. The number of carbonyl (C=O) groups excluding carboxylic acids is 1. The third kappa shape index (κ3) is 2.48. The van der Waals surface area contributed by atoms with Crippen molar-refractivity contribution in [1.29, 1.82) is 0 Å². The van der Waals surface area contributed by atoms with E-state index < -0.39 is 17.9 Å². The Bertz CT molecular complexity index is 673. The van der Waals surface area contributed by atoms with Gasteiger partial charge in [-0.3, -0.25) is 5.32 Å². The third-order valence-corrected chi connectivity index (χ3v) is 3.77. The van der Waals surface area contributed by atoms with Crippen LogP contribution in [0.25, 0.3) is 0 Å². The Hall–Kier alpha value is -1.68. The van der Waals surface area contributed by atoms with Gasteiger partial charge in [0.05, 0.1) is 5.69 Å². The van der Waals surface area contributed by atoms with Crippen LogP contribution in [0.4, 0.5) is 23.7 Å². The summed E-state index contributed by atoms with van der Waals surface area (Å²) in [5.41, 5.74) is -3.07. The number of nitrogens with one attached hydrogen (secondary N) is 1. The zero-order chi connectivity index (χ0) is 15.3. The summed E-state index contributed by atoms with van der Waals surface area (Å²) in [6.45, 7) is 0. The van der Waals surface area contributed by atoms with Crippen LogP contribution in [0.2, 0.25) is 0 Å². The highest BCUT2D eigenvalue weighted by atomic mass is 79.9. The van der Waals surface area contributed by atoms with Crippen LogP contribution in [-0.2, 0) is 10.3 Å². The molecule has 0 bridgehead atoms. The Morgan fingerprint density at radius 1 is 1.38 bits per heavy atom. The van der Waals surface area contributed by atoms with Gasteiger partial charge >= 0.3 is 12.3 Å². The molecule has 1 unspecified atom stereocenters. The Morgan fingerprint density at radius 3 is 2.71 bits per heavy atom. The Labute approximate surface area is 127 Å². The maximum Gasteiger partial charge on any atom is 0.445 e. The highest BCUT2D eigenvalue weighted by molar-refractivity contribution is 9.10. The smallest absolute Gasteiger partial charge is 0.415 e. The minimum atomic E-state index is -4.82. The number of hydrogen-bond acceptors (Lipinski definition) is 2. The first-order chi connectivity index (χ1) is 9.82.